The summed E-state index contributed by atoms with van der Waals surface area (Å²) in [6.45, 7) is 1.83. The number of non-ortho nitro benzene ring substituents is 1. The number of hydrogen-bond acceptors (Lipinski definition) is 6. The van der Waals surface area contributed by atoms with Gasteiger partial charge in [-0.1, -0.05) is 11.2 Å². The zero-order valence-electron chi connectivity index (χ0n) is 11.5. The monoisotopic (exact) mass is 289 g/mol. The Kier molecular flexibility index (Phi) is 3.42. The molecule has 0 radical (unpaired) electrons. The molecule has 7 nitrogen and oxygen atoms in total. The molecule has 2 aromatic rings. The predicted octanol–water partition coefficient (Wildman–Crippen LogP) is 2.27. The Balaban J connectivity index is 1.85. The lowest BCUT2D eigenvalue weighted by Gasteiger charge is -2.03. The number of aliphatic hydroxyl groups is 1. The van der Waals surface area contributed by atoms with E-state index in [1.807, 2.05) is 6.92 Å². The second-order valence-electron chi connectivity index (χ2n) is 5.38. The van der Waals surface area contributed by atoms with Crippen LogP contribution in [0.5, 0.6) is 0 Å². The number of aliphatic hydroxyl groups excluding tert-OH is 1. The van der Waals surface area contributed by atoms with Gasteiger partial charge in [0.15, 0.2) is 0 Å². The molecule has 1 heterocycles. The molecule has 0 saturated heterocycles. The van der Waals surface area contributed by atoms with Crippen LogP contribution in [0.15, 0.2) is 22.7 Å². The minimum atomic E-state index is -0.458. The molecular weight excluding hydrogens is 274 g/mol. The van der Waals surface area contributed by atoms with Crippen LogP contribution in [-0.4, -0.2) is 26.3 Å². The molecule has 1 saturated carbocycles. The second kappa shape index (κ2) is 5.25. The number of benzene rings is 1. The Bertz CT molecular complexity index is 679. The van der Waals surface area contributed by atoms with E-state index in [0.29, 0.717) is 29.6 Å². The molecule has 21 heavy (non-hydrogen) atoms. The molecule has 1 aromatic heterocycles. The highest BCUT2D eigenvalue weighted by molar-refractivity contribution is 5.63. The Morgan fingerprint density at radius 3 is 2.95 bits per heavy atom. The molecule has 0 aliphatic heterocycles. The predicted molar refractivity (Wildman–Crippen MR) is 73.6 cm³/mol. The van der Waals surface area contributed by atoms with Gasteiger partial charge in [-0.05, 0) is 31.2 Å². The average Bonchev–Trinajstić information content (AvgIpc) is 3.20. The third kappa shape index (κ3) is 2.92. The fraction of sp³-hybridized carbons (Fsp3) is 0.429. The standard InChI is InChI=1S/C14H15N3O4/c1-8-2-5-10(17(19)20)6-11(8)14-15-13(21-16-14)7-12(18)9-3-4-9/h2,5-6,9,12,18H,3-4,7H2,1H3. The highest BCUT2D eigenvalue weighted by Crippen LogP contribution is 2.34. The van der Waals surface area contributed by atoms with E-state index in [1.165, 1.54) is 12.1 Å². The molecule has 0 spiro atoms. The molecule has 1 aliphatic rings. The molecule has 0 amide bonds. The molecule has 1 N–H and O–H groups in total. The minimum absolute atomic E-state index is 0.0139. The fourth-order valence-electron chi connectivity index (χ4n) is 2.24. The van der Waals surface area contributed by atoms with E-state index in [9.17, 15) is 15.2 Å². The average molecular weight is 289 g/mol. The first kappa shape index (κ1) is 13.7. The van der Waals surface area contributed by atoms with Gasteiger partial charge in [-0.15, -0.1) is 0 Å². The van der Waals surface area contributed by atoms with E-state index in [-0.39, 0.29) is 5.69 Å². The minimum Gasteiger partial charge on any atom is -0.392 e. The van der Waals surface area contributed by atoms with Crippen molar-refractivity contribution in [1.82, 2.24) is 10.1 Å². The topological polar surface area (TPSA) is 102 Å². The van der Waals surface area contributed by atoms with Crippen LogP contribution in [0.25, 0.3) is 11.4 Å². The number of nitrogens with zero attached hydrogens (tertiary/aromatic N) is 3. The fourth-order valence-corrected chi connectivity index (χ4v) is 2.24. The van der Waals surface area contributed by atoms with Crippen LogP contribution < -0.4 is 0 Å². The summed E-state index contributed by atoms with van der Waals surface area (Å²) in [4.78, 5) is 14.6. The lowest BCUT2D eigenvalue weighted by atomic mass is 10.1. The normalized spacial score (nSPS) is 15.9. The number of hydrogen-bond donors (Lipinski definition) is 1. The van der Waals surface area contributed by atoms with Crippen LogP contribution in [0.3, 0.4) is 0 Å². The zero-order chi connectivity index (χ0) is 15.0. The highest BCUT2D eigenvalue weighted by Gasteiger charge is 2.31. The van der Waals surface area contributed by atoms with Crippen molar-refractivity contribution < 1.29 is 14.6 Å². The van der Waals surface area contributed by atoms with Crippen LogP contribution in [0.2, 0.25) is 0 Å². The summed E-state index contributed by atoms with van der Waals surface area (Å²) < 4.78 is 5.13. The third-order valence-electron chi connectivity index (χ3n) is 3.69. The largest absolute Gasteiger partial charge is 0.392 e. The Morgan fingerprint density at radius 1 is 1.52 bits per heavy atom. The van der Waals surface area contributed by atoms with Crippen molar-refractivity contribution in [3.05, 3.63) is 39.8 Å². The molecule has 7 heteroatoms. The molecule has 3 rings (SSSR count). The van der Waals surface area contributed by atoms with Gasteiger partial charge in [0.25, 0.3) is 5.69 Å². The molecule has 1 unspecified atom stereocenters. The second-order valence-corrected chi connectivity index (χ2v) is 5.38. The summed E-state index contributed by atoms with van der Waals surface area (Å²) in [5.41, 5.74) is 1.38. The SMILES string of the molecule is Cc1ccc([N+](=O)[O-])cc1-c1noc(CC(O)C2CC2)n1. The third-order valence-corrected chi connectivity index (χ3v) is 3.69. The summed E-state index contributed by atoms with van der Waals surface area (Å²) >= 11 is 0. The first-order chi connectivity index (χ1) is 10.0. The quantitative estimate of drug-likeness (QED) is 0.669. The van der Waals surface area contributed by atoms with Crippen LogP contribution in [-0.2, 0) is 6.42 Å². The maximum absolute atomic E-state index is 10.8. The first-order valence-electron chi connectivity index (χ1n) is 6.80. The Hall–Kier alpha value is -2.28. The van der Waals surface area contributed by atoms with Gasteiger partial charge in [0, 0.05) is 17.7 Å². The summed E-state index contributed by atoms with van der Waals surface area (Å²) in [6, 6.07) is 4.53. The van der Waals surface area contributed by atoms with E-state index < -0.39 is 11.0 Å². The van der Waals surface area contributed by atoms with Crippen molar-refractivity contribution in [3.63, 3.8) is 0 Å². The van der Waals surface area contributed by atoms with E-state index in [1.54, 1.807) is 6.07 Å². The van der Waals surface area contributed by atoms with Crippen molar-refractivity contribution in [1.29, 1.82) is 0 Å². The molecule has 1 atom stereocenters. The summed E-state index contributed by atoms with van der Waals surface area (Å²) in [5, 5.41) is 24.6. The molecule has 1 fully saturated rings. The summed E-state index contributed by atoms with van der Waals surface area (Å²) in [7, 11) is 0. The summed E-state index contributed by atoms with van der Waals surface area (Å²) in [6.07, 6.45) is 1.94. The van der Waals surface area contributed by atoms with Crippen LogP contribution in [0, 0.1) is 23.0 Å². The van der Waals surface area contributed by atoms with Crippen molar-refractivity contribution >= 4 is 5.69 Å². The van der Waals surface area contributed by atoms with E-state index in [4.69, 9.17) is 4.52 Å². The van der Waals surface area contributed by atoms with Gasteiger partial charge in [-0.25, -0.2) is 0 Å². The van der Waals surface area contributed by atoms with Crippen molar-refractivity contribution in [2.45, 2.75) is 32.3 Å². The van der Waals surface area contributed by atoms with E-state index in [2.05, 4.69) is 10.1 Å². The maximum atomic E-state index is 10.8. The van der Waals surface area contributed by atoms with Gasteiger partial charge in [-0.2, -0.15) is 4.98 Å². The number of aromatic nitrogens is 2. The Morgan fingerprint density at radius 2 is 2.29 bits per heavy atom. The molecule has 0 bridgehead atoms. The maximum Gasteiger partial charge on any atom is 0.270 e. The molecule has 110 valence electrons. The van der Waals surface area contributed by atoms with Gasteiger partial charge in [0.05, 0.1) is 17.4 Å². The lowest BCUT2D eigenvalue weighted by Crippen LogP contribution is -2.12. The van der Waals surface area contributed by atoms with E-state index >= 15 is 0 Å². The first-order valence-corrected chi connectivity index (χ1v) is 6.80. The van der Waals surface area contributed by atoms with Crippen LogP contribution >= 0.6 is 0 Å². The van der Waals surface area contributed by atoms with Gasteiger partial charge < -0.3 is 9.63 Å². The van der Waals surface area contributed by atoms with Gasteiger partial charge in [0.1, 0.15) is 0 Å². The van der Waals surface area contributed by atoms with Gasteiger partial charge >= 0.3 is 0 Å². The van der Waals surface area contributed by atoms with Gasteiger partial charge in [0.2, 0.25) is 11.7 Å². The highest BCUT2D eigenvalue weighted by atomic mass is 16.6. The molecule has 1 aliphatic carbocycles. The van der Waals surface area contributed by atoms with Crippen molar-refractivity contribution in [2.75, 3.05) is 0 Å². The van der Waals surface area contributed by atoms with E-state index in [0.717, 1.165) is 18.4 Å². The summed E-state index contributed by atoms with van der Waals surface area (Å²) in [5.74, 6) is 1.00. The zero-order valence-corrected chi connectivity index (χ0v) is 11.5. The lowest BCUT2D eigenvalue weighted by molar-refractivity contribution is -0.384. The molecule has 1 aromatic carbocycles. The number of nitro groups is 1. The van der Waals surface area contributed by atoms with Crippen LogP contribution in [0.1, 0.15) is 24.3 Å². The van der Waals surface area contributed by atoms with Crippen LogP contribution in [0.4, 0.5) is 5.69 Å². The Labute approximate surface area is 120 Å². The smallest absolute Gasteiger partial charge is 0.270 e. The number of aryl methyl sites for hydroxylation is 1. The van der Waals surface area contributed by atoms with Crippen molar-refractivity contribution in [3.8, 4) is 11.4 Å². The number of nitro benzene ring substituents is 1. The van der Waals surface area contributed by atoms with Crippen molar-refractivity contribution in [2.24, 2.45) is 5.92 Å². The molecular formula is C14H15N3O4. The van der Waals surface area contributed by atoms with Gasteiger partial charge in [-0.3, -0.25) is 10.1 Å². The number of rotatable bonds is 5.